The Balaban J connectivity index is 3.16. The van der Waals surface area contributed by atoms with E-state index in [1.165, 1.54) is 12.1 Å². The normalized spacial score (nSPS) is 12.7. The summed E-state index contributed by atoms with van der Waals surface area (Å²) in [4.78, 5) is 1.35. The van der Waals surface area contributed by atoms with Gasteiger partial charge < -0.3 is 10.6 Å². The zero-order chi connectivity index (χ0) is 16.4. The predicted molar refractivity (Wildman–Crippen MR) is 85.2 cm³/mol. The number of likely N-dealkylation sites (N-methyl/N-ethyl adjacent to an activating group) is 1. The molecular weight excluding hydrogens is 313 g/mol. The van der Waals surface area contributed by atoms with Gasteiger partial charge in [0.15, 0.2) is 0 Å². The largest absolute Gasteiger partial charge is 0.389 e. The van der Waals surface area contributed by atoms with E-state index in [2.05, 4.69) is 4.72 Å². The van der Waals surface area contributed by atoms with Gasteiger partial charge in [-0.25, -0.2) is 17.5 Å². The van der Waals surface area contributed by atoms with Gasteiger partial charge in [0.25, 0.3) is 0 Å². The first-order valence-corrected chi connectivity index (χ1v) is 8.13. The lowest BCUT2D eigenvalue weighted by Crippen LogP contribution is -2.48. The van der Waals surface area contributed by atoms with E-state index in [-0.39, 0.29) is 22.0 Å². The molecule has 0 spiro atoms. The van der Waals surface area contributed by atoms with Gasteiger partial charge in [0, 0.05) is 12.1 Å². The average Bonchev–Trinajstić information content (AvgIpc) is 2.35. The third-order valence-corrected chi connectivity index (χ3v) is 5.06. The Morgan fingerprint density at radius 2 is 2.00 bits per heavy atom. The molecule has 0 amide bonds. The first kappa shape index (κ1) is 18.0. The SMILES string of the molecule is CN(C)C(C)(C)CNS(=O)(=O)c1cccc(F)c1C(N)=S. The second-order valence-electron chi connectivity index (χ2n) is 5.51. The molecule has 0 saturated heterocycles. The quantitative estimate of drug-likeness (QED) is 0.762. The van der Waals surface area contributed by atoms with E-state index in [0.717, 1.165) is 6.07 Å². The predicted octanol–water partition coefficient (Wildman–Crippen LogP) is 1.08. The second-order valence-corrected chi connectivity index (χ2v) is 7.68. The number of nitrogens with zero attached hydrogens (tertiary/aromatic N) is 1. The maximum atomic E-state index is 13.8. The Morgan fingerprint density at radius 1 is 1.43 bits per heavy atom. The minimum atomic E-state index is -3.91. The average molecular weight is 333 g/mol. The Hall–Kier alpha value is -1.09. The molecule has 1 aromatic carbocycles. The molecule has 0 saturated carbocycles. The lowest BCUT2D eigenvalue weighted by molar-refractivity contribution is 0.199. The van der Waals surface area contributed by atoms with Crippen molar-refractivity contribution < 1.29 is 12.8 Å². The highest BCUT2D eigenvalue weighted by Crippen LogP contribution is 2.19. The number of hydrogen-bond donors (Lipinski definition) is 2. The number of nitrogens with one attached hydrogen (secondary N) is 1. The van der Waals surface area contributed by atoms with Gasteiger partial charge in [-0.1, -0.05) is 18.3 Å². The molecule has 0 atom stereocenters. The molecule has 0 aromatic heterocycles. The summed E-state index contributed by atoms with van der Waals surface area (Å²) < 4.78 is 41.0. The molecule has 8 heteroatoms. The molecule has 118 valence electrons. The summed E-state index contributed by atoms with van der Waals surface area (Å²) in [5.41, 5.74) is 4.77. The van der Waals surface area contributed by atoms with Crippen molar-refractivity contribution in [2.45, 2.75) is 24.3 Å². The van der Waals surface area contributed by atoms with E-state index < -0.39 is 21.4 Å². The monoisotopic (exact) mass is 333 g/mol. The summed E-state index contributed by atoms with van der Waals surface area (Å²) >= 11 is 4.74. The minimum Gasteiger partial charge on any atom is -0.389 e. The molecule has 0 aliphatic heterocycles. The Bertz CT molecular complexity index is 643. The second kappa shape index (κ2) is 6.35. The van der Waals surface area contributed by atoms with Gasteiger partial charge in [0.1, 0.15) is 10.8 Å². The fraction of sp³-hybridized carbons (Fsp3) is 0.462. The van der Waals surface area contributed by atoms with E-state index in [4.69, 9.17) is 18.0 Å². The lowest BCUT2D eigenvalue weighted by atomic mass is 10.1. The van der Waals surface area contributed by atoms with E-state index in [9.17, 15) is 12.8 Å². The zero-order valence-electron chi connectivity index (χ0n) is 12.5. The molecule has 0 radical (unpaired) electrons. The molecule has 0 bridgehead atoms. The highest BCUT2D eigenvalue weighted by molar-refractivity contribution is 7.89. The summed E-state index contributed by atoms with van der Waals surface area (Å²) in [6.45, 7) is 3.93. The molecule has 5 nitrogen and oxygen atoms in total. The van der Waals surface area contributed by atoms with Gasteiger partial charge in [0.05, 0.1) is 10.5 Å². The maximum absolute atomic E-state index is 13.8. The third-order valence-electron chi connectivity index (χ3n) is 3.42. The summed E-state index contributed by atoms with van der Waals surface area (Å²) in [6.07, 6.45) is 0. The van der Waals surface area contributed by atoms with Gasteiger partial charge in [-0.3, -0.25) is 0 Å². The van der Waals surface area contributed by atoms with Crippen molar-refractivity contribution in [2.24, 2.45) is 5.73 Å². The molecule has 0 heterocycles. The number of hydrogen-bond acceptors (Lipinski definition) is 4. The Kier molecular flexibility index (Phi) is 5.43. The fourth-order valence-electron chi connectivity index (χ4n) is 1.47. The van der Waals surface area contributed by atoms with Crippen LogP contribution in [0.1, 0.15) is 19.4 Å². The molecule has 1 rings (SSSR count). The molecule has 0 aliphatic carbocycles. The van der Waals surface area contributed by atoms with Gasteiger partial charge in [0.2, 0.25) is 10.0 Å². The van der Waals surface area contributed by atoms with E-state index in [0.29, 0.717) is 0 Å². The number of halogens is 1. The number of rotatable bonds is 6. The van der Waals surface area contributed by atoms with Crippen molar-refractivity contribution in [1.29, 1.82) is 0 Å². The molecule has 21 heavy (non-hydrogen) atoms. The van der Waals surface area contributed by atoms with E-state index in [1.54, 1.807) is 0 Å². The molecule has 1 aromatic rings. The van der Waals surface area contributed by atoms with Crippen LogP contribution in [0.15, 0.2) is 23.1 Å². The maximum Gasteiger partial charge on any atom is 0.241 e. The first-order chi connectivity index (χ1) is 9.49. The van der Waals surface area contributed by atoms with Gasteiger partial charge in [-0.15, -0.1) is 0 Å². The number of thiocarbonyl (C=S) groups is 1. The van der Waals surface area contributed by atoms with Crippen LogP contribution in [-0.2, 0) is 10.0 Å². The van der Waals surface area contributed by atoms with Crippen molar-refractivity contribution in [3.63, 3.8) is 0 Å². The molecular formula is C13H20FN3O2S2. The van der Waals surface area contributed by atoms with Crippen LogP contribution in [0.25, 0.3) is 0 Å². The van der Waals surface area contributed by atoms with Gasteiger partial charge in [-0.2, -0.15) is 0 Å². The number of nitrogens with two attached hydrogens (primary N) is 1. The van der Waals surface area contributed by atoms with Gasteiger partial charge in [-0.05, 0) is 40.1 Å². The smallest absolute Gasteiger partial charge is 0.241 e. The highest BCUT2D eigenvalue weighted by atomic mass is 32.2. The van der Waals surface area contributed by atoms with Crippen LogP contribution in [0.5, 0.6) is 0 Å². The topological polar surface area (TPSA) is 75.4 Å². The molecule has 3 N–H and O–H groups in total. The third kappa shape index (κ3) is 4.19. The minimum absolute atomic E-state index is 0.162. The van der Waals surface area contributed by atoms with Crippen LogP contribution in [0.2, 0.25) is 0 Å². The van der Waals surface area contributed by atoms with Crippen molar-refractivity contribution >= 4 is 27.2 Å². The van der Waals surface area contributed by atoms with E-state index in [1.807, 2.05) is 32.8 Å². The number of sulfonamides is 1. The first-order valence-electron chi connectivity index (χ1n) is 6.24. The molecule has 0 fully saturated rings. The summed E-state index contributed by atoms with van der Waals surface area (Å²) in [6, 6.07) is 3.71. The Labute approximate surface area is 130 Å². The van der Waals surface area contributed by atoms with Crippen LogP contribution in [-0.4, -0.2) is 44.5 Å². The van der Waals surface area contributed by atoms with Crippen LogP contribution in [0.4, 0.5) is 4.39 Å². The summed E-state index contributed by atoms with van der Waals surface area (Å²) in [7, 11) is -0.221. The van der Waals surface area contributed by atoms with Crippen LogP contribution >= 0.6 is 12.2 Å². The molecule has 0 aliphatic rings. The van der Waals surface area contributed by atoms with Crippen LogP contribution in [0, 0.1) is 5.82 Å². The van der Waals surface area contributed by atoms with Crippen molar-refractivity contribution in [3.8, 4) is 0 Å². The Morgan fingerprint density at radius 3 is 2.48 bits per heavy atom. The molecule has 0 unspecified atom stereocenters. The van der Waals surface area contributed by atoms with E-state index >= 15 is 0 Å². The number of benzene rings is 1. The van der Waals surface area contributed by atoms with Crippen molar-refractivity contribution in [3.05, 3.63) is 29.6 Å². The van der Waals surface area contributed by atoms with Gasteiger partial charge >= 0.3 is 0 Å². The standard InChI is InChI=1S/C13H20FN3O2S2/c1-13(2,17(3)4)8-16-21(18,19)10-7-5-6-9(14)11(10)12(15)20/h5-7,16H,8H2,1-4H3,(H2,15,20). The highest BCUT2D eigenvalue weighted by Gasteiger charge is 2.27. The fourth-order valence-corrected chi connectivity index (χ4v) is 3.18. The van der Waals surface area contributed by atoms with Crippen molar-refractivity contribution in [1.82, 2.24) is 9.62 Å². The van der Waals surface area contributed by atoms with Crippen LogP contribution in [0.3, 0.4) is 0 Å². The van der Waals surface area contributed by atoms with Crippen molar-refractivity contribution in [2.75, 3.05) is 20.6 Å². The van der Waals surface area contributed by atoms with Crippen LogP contribution < -0.4 is 10.5 Å². The summed E-state index contributed by atoms with van der Waals surface area (Å²) in [5.74, 6) is -0.753. The lowest BCUT2D eigenvalue weighted by Gasteiger charge is -2.32. The zero-order valence-corrected chi connectivity index (χ0v) is 14.1. The summed E-state index contributed by atoms with van der Waals surface area (Å²) in [5, 5.41) is 0.